The van der Waals surface area contributed by atoms with Crippen molar-refractivity contribution in [2.24, 2.45) is 5.92 Å². The van der Waals surface area contributed by atoms with Crippen LogP contribution in [0.3, 0.4) is 0 Å². The lowest BCUT2D eigenvalue weighted by molar-refractivity contribution is -0.136. The highest BCUT2D eigenvalue weighted by Crippen LogP contribution is 2.31. The number of rotatable bonds is 3. The Morgan fingerprint density at radius 2 is 1.71 bits per heavy atom. The Morgan fingerprint density at radius 3 is 2.46 bits per heavy atom. The van der Waals surface area contributed by atoms with Gasteiger partial charge < -0.3 is 23.8 Å². The topological polar surface area (TPSA) is 57.2 Å². The zero-order chi connectivity index (χ0) is 16.4. The molecule has 4 rings (SSSR count). The summed E-state index contributed by atoms with van der Waals surface area (Å²) in [4.78, 5) is 14.5. The second-order valence-corrected chi connectivity index (χ2v) is 6.48. The van der Waals surface area contributed by atoms with Gasteiger partial charge in [0.1, 0.15) is 13.2 Å². The van der Waals surface area contributed by atoms with E-state index in [9.17, 15) is 4.79 Å². The van der Waals surface area contributed by atoms with Gasteiger partial charge in [0.2, 0.25) is 5.91 Å². The molecule has 1 amide bonds. The minimum atomic E-state index is -0.0694. The molecule has 24 heavy (non-hydrogen) atoms. The van der Waals surface area contributed by atoms with Crippen LogP contribution < -0.4 is 9.47 Å². The average Bonchev–Trinajstić information content (AvgIpc) is 3.16. The van der Waals surface area contributed by atoms with Gasteiger partial charge in [-0.05, 0) is 30.5 Å². The molecule has 0 unspecified atom stereocenters. The molecule has 130 valence electrons. The van der Waals surface area contributed by atoms with E-state index in [2.05, 4.69) is 0 Å². The van der Waals surface area contributed by atoms with Crippen LogP contribution in [-0.4, -0.2) is 56.6 Å². The maximum Gasteiger partial charge on any atom is 0.226 e. The van der Waals surface area contributed by atoms with Gasteiger partial charge in [-0.1, -0.05) is 6.07 Å². The zero-order valence-electron chi connectivity index (χ0n) is 13.7. The SMILES string of the molecule is O=C(Cc1ccc2c(c1)OCCO2)N1CCC(C2OCCO2)CC1. The van der Waals surface area contributed by atoms with E-state index in [1.54, 1.807) is 0 Å². The van der Waals surface area contributed by atoms with Gasteiger partial charge in [-0.25, -0.2) is 0 Å². The molecular formula is C18H23NO5. The van der Waals surface area contributed by atoms with Crippen LogP contribution in [0.4, 0.5) is 0 Å². The van der Waals surface area contributed by atoms with Crippen molar-refractivity contribution in [3.63, 3.8) is 0 Å². The molecule has 0 aliphatic carbocycles. The number of likely N-dealkylation sites (tertiary alicyclic amines) is 1. The van der Waals surface area contributed by atoms with E-state index in [1.165, 1.54) is 0 Å². The average molecular weight is 333 g/mol. The number of fused-ring (bicyclic) bond motifs is 1. The van der Waals surface area contributed by atoms with Crippen molar-refractivity contribution in [1.29, 1.82) is 0 Å². The quantitative estimate of drug-likeness (QED) is 0.841. The monoisotopic (exact) mass is 333 g/mol. The van der Waals surface area contributed by atoms with Crippen LogP contribution in [0.2, 0.25) is 0 Å². The summed E-state index contributed by atoms with van der Waals surface area (Å²) in [5.74, 6) is 2.07. The maximum atomic E-state index is 12.6. The van der Waals surface area contributed by atoms with E-state index in [-0.39, 0.29) is 12.2 Å². The largest absolute Gasteiger partial charge is 0.486 e. The third kappa shape index (κ3) is 3.35. The van der Waals surface area contributed by atoms with E-state index < -0.39 is 0 Å². The molecule has 1 aromatic rings. The summed E-state index contributed by atoms with van der Waals surface area (Å²) in [5.41, 5.74) is 0.967. The highest BCUT2D eigenvalue weighted by molar-refractivity contribution is 5.79. The Kier molecular flexibility index (Phi) is 4.58. The van der Waals surface area contributed by atoms with Gasteiger partial charge in [-0.15, -0.1) is 0 Å². The molecule has 0 bridgehead atoms. The number of amides is 1. The molecular weight excluding hydrogens is 310 g/mol. The maximum absolute atomic E-state index is 12.6. The number of hydrogen-bond donors (Lipinski definition) is 0. The molecule has 3 heterocycles. The van der Waals surface area contributed by atoms with Crippen LogP contribution >= 0.6 is 0 Å². The molecule has 0 saturated carbocycles. The van der Waals surface area contributed by atoms with Crippen LogP contribution in [0.25, 0.3) is 0 Å². The van der Waals surface area contributed by atoms with Gasteiger partial charge in [-0.3, -0.25) is 4.79 Å². The minimum absolute atomic E-state index is 0.0694. The summed E-state index contributed by atoms with van der Waals surface area (Å²) in [6.07, 6.45) is 2.22. The number of ether oxygens (including phenoxy) is 4. The standard InChI is InChI=1S/C18H23NO5/c20-17(12-13-1-2-15-16(11-13)22-8-7-21-15)19-5-3-14(4-6-19)18-23-9-10-24-18/h1-2,11,14,18H,3-10,12H2. The van der Waals surface area contributed by atoms with Crippen molar-refractivity contribution in [2.75, 3.05) is 39.5 Å². The van der Waals surface area contributed by atoms with Crippen molar-refractivity contribution in [3.05, 3.63) is 23.8 Å². The number of carbonyl (C=O) groups is 1. The van der Waals surface area contributed by atoms with E-state index in [4.69, 9.17) is 18.9 Å². The molecule has 0 atom stereocenters. The number of hydrogen-bond acceptors (Lipinski definition) is 5. The van der Waals surface area contributed by atoms with Gasteiger partial charge in [0, 0.05) is 19.0 Å². The first-order chi connectivity index (χ1) is 11.8. The lowest BCUT2D eigenvalue weighted by Crippen LogP contribution is -2.42. The first-order valence-corrected chi connectivity index (χ1v) is 8.69. The number of carbonyl (C=O) groups excluding carboxylic acids is 1. The second kappa shape index (κ2) is 6.99. The highest BCUT2D eigenvalue weighted by Gasteiger charge is 2.31. The van der Waals surface area contributed by atoms with Gasteiger partial charge in [0.25, 0.3) is 0 Å². The van der Waals surface area contributed by atoms with Crippen LogP contribution in [-0.2, 0) is 20.7 Å². The van der Waals surface area contributed by atoms with Crippen molar-refractivity contribution in [2.45, 2.75) is 25.6 Å². The third-order valence-electron chi connectivity index (χ3n) is 4.89. The molecule has 2 saturated heterocycles. The Bertz CT molecular complexity index is 591. The molecule has 1 aromatic carbocycles. The molecule has 0 aromatic heterocycles. The van der Waals surface area contributed by atoms with E-state index in [1.807, 2.05) is 23.1 Å². The first-order valence-electron chi connectivity index (χ1n) is 8.69. The van der Waals surface area contributed by atoms with Crippen molar-refractivity contribution >= 4 is 5.91 Å². The Labute approximate surface area is 141 Å². The summed E-state index contributed by atoms with van der Waals surface area (Å²) < 4.78 is 22.3. The summed E-state index contributed by atoms with van der Waals surface area (Å²) in [6.45, 7) is 4.06. The van der Waals surface area contributed by atoms with E-state index >= 15 is 0 Å². The Balaban J connectivity index is 1.32. The summed E-state index contributed by atoms with van der Waals surface area (Å²) in [7, 11) is 0. The summed E-state index contributed by atoms with van der Waals surface area (Å²) >= 11 is 0. The first kappa shape index (κ1) is 15.7. The predicted octanol–water partition coefficient (Wildman–Crippen LogP) is 1.61. The van der Waals surface area contributed by atoms with Crippen molar-refractivity contribution in [1.82, 2.24) is 4.90 Å². The van der Waals surface area contributed by atoms with Gasteiger partial charge in [-0.2, -0.15) is 0 Å². The Hall–Kier alpha value is -1.79. The molecule has 0 spiro atoms. The minimum Gasteiger partial charge on any atom is -0.486 e. The van der Waals surface area contributed by atoms with Crippen LogP contribution in [0, 0.1) is 5.92 Å². The Morgan fingerprint density at radius 1 is 1.00 bits per heavy atom. The van der Waals surface area contributed by atoms with Crippen molar-refractivity contribution in [3.8, 4) is 11.5 Å². The lowest BCUT2D eigenvalue weighted by atomic mass is 9.95. The number of nitrogens with zero attached hydrogens (tertiary/aromatic N) is 1. The fourth-order valence-corrected chi connectivity index (χ4v) is 3.55. The molecule has 6 nitrogen and oxygen atoms in total. The zero-order valence-corrected chi connectivity index (χ0v) is 13.7. The highest BCUT2D eigenvalue weighted by atomic mass is 16.7. The molecule has 2 fully saturated rings. The van der Waals surface area contributed by atoms with Crippen LogP contribution in [0.1, 0.15) is 18.4 Å². The number of benzene rings is 1. The summed E-state index contributed by atoms with van der Waals surface area (Å²) in [5, 5.41) is 0. The van der Waals surface area contributed by atoms with Gasteiger partial charge >= 0.3 is 0 Å². The smallest absolute Gasteiger partial charge is 0.226 e. The van der Waals surface area contributed by atoms with E-state index in [0.29, 0.717) is 38.8 Å². The third-order valence-corrected chi connectivity index (χ3v) is 4.89. The number of piperidine rings is 1. The van der Waals surface area contributed by atoms with Crippen LogP contribution in [0.15, 0.2) is 18.2 Å². The van der Waals surface area contributed by atoms with E-state index in [0.717, 1.165) is 43.0 Å². The van der Waals surface area contributed by atoms with Gasteiger partial charge in [0.15, 0.2) is 17.8 Å². The van der Waals surface area contributed by atoms with Crippen molar-refractivity contribution < 1.29 is 23.7 Å². The molecule has 0 N–H and O–H groups in total. The molecule has 3 aliphatic rings. The fraction of sp³-hybridized carbons (Fsp3) is 0.611. The molecule has 3 aliphatic heterocycles. The predicted molar refractivity (Wildman–Crippen MR) is 86.1 cm³/mol. The lowest BCUT2D eigenvalue weighted by Gasteiger charge is -2.34. The fourth-order valence-electron chi connectivity index (χ4n) is 3.55. The molecule has 0 radical (unpaired) electrons. The second-order valence-electron chi connectivity index (χ2n) is 6.48. The molecule has 6 heteroatoms. The summed E-state index contributed by atoms with van der Waals surface area (Å²) in [6, 6.07) is 5.75. The van der Waals surface area contributed by atoms with Gasteiger partial charge in [0.05, 0.1) is 19.6 Å². The van der Waals surface area contributed by atoms with Crippen LogP contribution in [0.5, 0.6) is 11.5 Å². The normalized spacial score (nSPS) is 21.9.